The SMILES string of the molecule is C=C(C(=O)C1CC1)\C1=c2/c3c(cc/c2=C(C)/C2=C/CC1C(Cl)CCc1cc4c(cc12)OCO4)OCO3. The molecule has 0 amide bonds. The molecular weight excluding hydrogens is 476 g/mol. The number of alkyl halides is 1. The molecule has 6 heteroatoms. The van der Waals surface area contributed by atoms with E-state index in [-0.39, 0.29) is 36.6 Å². The first-order valence-electron chi connectivity index (χ1n) is 12.7. The number of fused-ring (bicyclic) bond motifs is 8. The van der Waals surface area contributed by atoms with Crippen molar-refractivity contribution < 1.29 is 23.7 Å². The van der Waals surface area contributed by atoms with Crippen molar-refractivity contribution in [1.29, 1.82) is 0 Å². The number of hydrogen-bond donors (Lipinski definition) is 0. The molecule has 1 saturated carbocycles. The van der Waals surface area contributed by atoms with Crippen LogP contribution in [0.15, 0.2) is 42.5 Å². The normalized spacial score (nSPS) is 28.0. The van der Waals surface area contributed by atoms with Crippen molar-refractivity contribution in [3.63, 3.8) is 0 Å². The van der Waals surface area contributed by atoms with Crippen LogP contribution in [0.3, 0.4) is 0 Å². The Labute approximate surface area is 214 Å². The van der Waals surface area contributed by atoms with Crippen LogP contribution in [0.25, 0.3) is 16.7 Å². The van der Waals surface area contributed by atoms with Crippen molar-refractivity contribution in [1.82, 2.24) is 0 Å². The van der Waals surface area contributed by atoms with E-state index >= 15 is 0 Å². The van der Waals surface area contributed by atoms with E-state index in [1.54, 1.807) is 0 Å². The predicted molar refractivity (Wildman–Crippen MR) is 138 cm³/mol. The van der Waals surface area contributed by atoms with Crippen LogP contribution in [0, 0.1) is 11.8 Å². The molecule has 2 aromatic rings. The highest BCUT2D eigenvalue weighted by Gasteiger charge is 2.37. The minimum Gasteiger partial charge on any atom is -0.454 e. The van der Waals surface area contributed by atoms with E-state index in [0.29, 0.717) is 23.5 Å². The first-order chi connectivity index (χ1) is 17.5. The highest BCUT2D eigenvalue weighted by atomic mass is 35.5. The molecule has 3 aliphatic carbocycles. The largest absolute Gasteiger partial charge is 0.454 e. The summed E-state index contributed by atoms with van der Waals surface area (Å²) in [4.78, 5) is 13.4. The van der Waals surface area contributed by atoms with Gasteiger partial charge in [-0.3, -0.25) is 4.79 Å². The Morgan fingerprint density at radius 2 is 1.75 bits per heavy atom. The molecule has 2 unspecified atom stereocenters. The van der Waals surface area contributed by atoms with Crippen LogP contribution in [0.2, 0.25) is 0 Å². The Morgan fingerprint density at radius 3 is 2.56 bits per heavy atom. The summed E-state index contributed by atoms with van der Waals surface area (Å²) >= 11 is 7.22. The molecule has 36 heavy (non-hydrogen) atoms. The van der Waals surface area contributed by atoms with Gasteiger partial charge in [0.15, 0.2) is 28.8 Å². The van der Waals surface area contributed by atoms with Crippen LogP contribution in [0.1, 0.15) is 43.7 Å². The maximum atomic E-state index is 13.4. The molecule has 5 nitrogen and oxygen atoms in total. The summed E-state index contributed by atoms with van der Waals surface area (Å²) in [6.45, 7) is 6.90. The lowest BCUT2D eigenvalue weighted by molar-refractivity contribution is -0.116. The van der Waals surface area contributed by atoms with Gasteiger partial charge in [-0.25, -0.2) is 0 Å². The van der Waals surface area contributed by atoms with Crippen LogP contribution in [0.5, 0.6) is 23.0 Å². The molecule has 1 fully saturated rings. The molecule has 0 aromatic heterocycles. The number of Topliss-reactive ketones (excluding diaryl/α,β-unsaturated/α-hetero) is 1. The Morgan fingerprint density at radius 1 is 1.00 bits per heavy atom. The van der Waals surface area contributed by atoms with E-state index in [2.05, 4.69) is 37.8 Å². The summed E-state index contributed by atoms with van der Waals surface area (Å²) in [5, 5.41) is 1.73. The van der Waals surface area contributed by atoms with Crippen LogP contribution in [-0.2, 0) is 11.2 Å². The maximum Gasteiger partial charge on any atom is 0.231 e. The van der Waals surface area contributed by atoms with Gasteiger partial charge in [0.05, 0.1) is 0 Å². The summed E-state index contributed by atoms with van der Waals surface area (Å²) in [6, 6.07) is 8.24. The van der Waals surface area contributed by atoms with E-state index < -0.39 is 0 Å². The van der Waals surface area contributed by atoms with Crippen molar-refractivity contribution in [2.45, 2.75) is 44.4 Å². The van der Waals surface area contributed by atoms with E-state index in [4.69, 9.17) is 30.5 Å². The maximum absolute atomic E-state index is 13.4. The van der Waals surface area contributed by atoms with Crippen LogP contribution >= 0.6 is 11.6 Å². The smallest absolute Gasteiger partial charge is 0.231 e. The lowest BCUT2D eigenvalue weighted by atomic mass is 9.80. The third-order valence-corrected chi connectivity index (χ3v) is 8.67. The van der Waals surface area contributed by atoms with Gasteiger partial charge in [-0.15, -0.1) is 11.6 Å². The molecule has 2 aromatic carbocycles. The number of carbonyl (C=O) groups excluding carboxylic acids is 1. The summed E-state index contributed by atoms with van der Waals surface area (Å²) < 4.78 is 23.3. The summed E-state index contributed by atoms with van der Waals surface area (Å²) in [7, 11) is 0. The minimum absolute atomic E-state index is 0.0701. The third kappa shape index (κ3) is 3.32. The molecule has 184 valence electrons. The average molecular weight is 503 g/mol. The minimum atomic E-state index is -0.193. The standard InChI is InChI=1S/C30H27ClO5/c1-15-19-6-7-21(23(31)9-5-18-11-25-26(12-22(18)19)35-13-34-25)27(16(2)29(32)17-3-4-17)28-20(15)8-10-24-30(28)36-14-33-24/h6,8,10-12,17,21,23H,2-5,7,9,13-14H2,1H3/b19-6-,20-15-,28-27+. The van der Waals surface area contributed by atoms with E-state index in [0.717, 1.165) is 69.9 Å². The summed E-state index contributed by atoms with van der Waals surface area (Å²) in [6.07, 6.45) is 6.40. The summed E-state index contributed by atoms with van der Waals surface area (Å²) in [5.74, 6) is 3.04. The monoisotopic (exact) mass is 502 g/mol. The van der Waals surface area contributed by atoms with E-state index in [9.17, 15) is 4.79 Å². The van der Waals surface area contributed by atoms with Crippen LogP contribution < -0.4 is 29.4 Å². The van der Waals surface area contributed by atoms with Crippen LogP contribution in [0.4, 0.5) is 0 Å². The number of allylic oxidation sites excluding steroid dienone is 3. The van der Waals surface area contributed by atoms with Gasteiger partial charge in [-0.1, -0.05) is 18.7 Å². The zero-order chi connectivity index (χ0) is 24.6. The Bertz CT molecular complexity index is 1500. The molecule has 0 radical (unpaired) electrons. The van der Waals surface area contributed by atoms with Gasteiger partial charge in [0, 0.05) is 28.0 Å². The molecule has 2 bridgehead atoms. The Balaban J connectivity index is 1.58. The van der Waals surface area contributed by atoms with Gasteiger partial charge in [-0.05, 0) is 90.3 Å². The zero-order valence-electron chi connectivity index (χ0n) is 20.2. The van der Waals surface area contributed by atoms with Gasteiger partial charge in [0.1, 0.15) is 0 Å². The number of ether oxygens (including phenoxy) is 4. The van der Waals surface area contributed by atoms with Gasteiger partial charge >= 0.3 is 0 Å². The number of halogens is 1. The Kier molecular flexibility index (Phi) is 5.00. The highest BCUT2D eigenvalue weighted by Crippen LogP contribution is 2.44. The number of aryl methyl sites for hydroxylation is 1. The lowest BCUT2D eigenvalue weighted by Crippen LogP contribution is -2.36. The van der Waals surface area contributed by atoms with Crippen molar-refractivity contribution in [2.24, 2.45) is 11.8 Å². The van der Waals surface area contributed by atoms with Crippen molar-refractivity contribution in [2.75, 3.05) is 13.6 Å². The molecule has 0 N–H and O–H groups in total. The zero-order valence-corrected chi connectivity index (χ0v) is 21.0. The molecule has 7 rings (SSSR count). The number of ketones is 1. The third-order valence-electron chi connectivity index (χ3n) is 8.15. The summed E-state index contributed by atoms with van der Waals surface area (Å²) in [5.41, 5.74) is 6.08. The fourth-order valence-corrected chi connectivity index (χ4v) is 6.41. The average Bonchev–Trinajstić information content (AvgIpc) is 3.42. The van der Waals surface area contributed by atoms with Crippen molar-refractivity contribution in [3.05, 3.63) is 64.1 Å². The topological polar surface area (TPSA) is 54.0 Å². The second-order valence-corrected chi connectivity index (χ2v) is 10.8. The highest BCUT2D eigenvalue weighted by molar-refractivity contribution is 6.22. The number of hydrogen-bond acceptors (Lipinski definition) is 5. The van der Waals surface area contributed by atoms with Crippen molar-refractivity contribution in [3.8, 4) is 23.0 Å². The van der Waals surface area contributed by atoms with Gasteiger partial charge in [0.2, 0.25) is 13.6 Å². The molecule has 0 saturated heterocycles. The van der Waals surface area contributed by atoms with Crippen LogP contribution in [-0.4, -0.2) is 24.7 Å². The molecule has 2 heterocycles. The first-order valence-corrected chi connectivity index (χ1v) is 13.1. The van der Waals surface area contributed by atoms with Gasteiger partial charge in [-0.2, -0.15) is 0 Å². The van der Waals surface area contributed by atoms with Crippen molar-refractivity contribution >= 4 is 34.1 Å². The van der Waals surface area contributed by atoms with E-state index in [1.165, 1.54) is 5.56 Å². The number of carbonyl (C=O) groups is 1. The second-order valence-electron chi connectivity index (χ2n) is 10.3. The van der Waals surface area contributed by atoms with Gasteiger partial charge in [0.25, 0.3) is 0 Å². The lowest BCUT2D eigenvalue weighted by Gasteiger charge is -2.27. The molecule has 5 aliphatic rings. The predicted octanol–water partition coefficient (Wildman–Crippen LogP) is 4.66. The first kappa shape index (κ1) is 22.1. The molecule has 2 atom stereocenters. The number of benzene rings is 2. The number of rotatable bonds is 3. The molecule has 2 aliphatic heterocycles. The fourth-order valence-electron chi connectivity index (χ4n) is 6.07. The fraction of sp³-hybridized carbons (Fsp3) is 0.367. The Hall–Kier alpha value is -3.18. The quantitative estimate of drug-likeness (QED) is 0.451. The van der Waals surface area contributed by atoms with Gasteiger partial charge < -0.3 is 18.9 Å². The molecular formula is C30H27ClO5. The second kappa shape index (κ2) is 8.17. The van der Waals surface area contributed by atoms with E-state index in [1.807, 2.05) is 6.07 Å². The molecule has 0 spiro atoms.